The highest BCUT2D eigenvalue weighted by Crippen LogP contribution is 2.17. The molecule has 0 aliphatic carbocycles. The Hall–Kier alpha value is -3.47. The van der Waals surface area contributed by atoms with Crippen LogP contribution in [-0.2, 0) is 6.42 Å². The number of pyridine rings is 1. The molecule has 0 unspecified atom stereocenters. The van der Waals surface area contributed by atoms with Crippen LogP contribution in [0, 0.1) is 0 Å². The summed E-state index contributed by atoms with van der Waals surface area (Å²) in [6, 6.07) is 18.5. The third-order valence-corrected chi connectivity index (χ3v) is 4.19. The highest BCUT2D eigenvalue weighted by molar-refractivity contribution is 6.05. The zero-order valence-corrected chi connectivity index (χ0v) is 15.3. The summed E-state index contributed by atoms with van der Waals surface area (Å²) in [7, 11) is 0. The number of Topliss-reactive ketones (excluding diaryl/α,β-unsaturated/α-hetero) is 1. The van der Waals surface area contributed by atoms with Crippen molar-refractivity contribution in [2.45, 2.75) is 20.3 Å². The molecular weight excluding hydrogens is 338 g/mol. The number of nitrogens with zero attached hydrogens (tertiary/aromatic N) is 1. The van der Waals surface area contributed by atoms with E-state index in [0.717, 1.165) is 12.1 Å². The summed E-state index contributed by atoms with van der Waals surface area (Å²) >= 11 is 0. The quantitative estimate of drug-likeness (QED) is 0.618. The van der Waals surface area contributed by atoms with Crippen molar-refractivity contribution >= 4 is 28.9 Å². The minimum Gasteiger partial charge on any atom is -0.340 e. The highest BCUT2D eigenvalue weighted by Gasteiger charge is 2.08. The van der Waals surface area contributed by atoms with Crippen LogP contribution < -0.4 is 10.6 Å². The Morgan fingerprint density at radius 2 is 1.70 bits per heavy atom. The summed E-state index contributed by atoms with van der Waals surface area (Å²) in [5, 5.41) is 5.99. The Morgan fingerprint density at radius 3 is 2.33 bits per heavy atom. The van der Waals surface area contributed by atoms with Gasteiger partial charge in [0.15, 0.2) is 5.78 Å². The number of carbonyl (C=O) groups excluding carboxylic acids is 2. The van der Waals surface area contributed by atoms with Crippen LogP contribution in [0.4, 0.5) is 17.2 Å². The number of nitrogens with one attached hydrogen (secondary N) is 2. The topological polar surface area (TPSA) is 71.1 Å². The van der Waals surface area contributed by atoms with Gasteiger partial charge in [-0.05, 0) is 55.3 Å². The molecule has 0 fully saturated rings. The standard InChI is InChI=1S/C22H21N3O2/c1-3-16-7-10-19(11-8-16)24-21-12-9-18(14-23-21)22(27)25-20-6-4-5-17(13-20)15(2)26/h4-14H,3H2,1-2H3,(H,23,24)(H,25,27). The Kier molecular flexibility index (Phi) is 5.61. The molecule has 0 aliphatic rings. The molecule has 1 aromatic heterocycles. The number of aromatic nitrogens is 1. The summed E-state index contributed by atoms with van der Waals surface area (Å²) < 4.78 is 0. The van der Waals surface area contributed by atoms with Gasteiger partial charge in [0.25, 0.3) is 5.91 Å². The number of hydrogen-bond donors (Lipinski definition) is 2. The average Bonchev–Trinajstić information content (AvgIpc) is 2.69. The van der Waals surface area contributed by atoms with Crippen LogP contribution >= 0.6 is 0 Å². The van der Waals surface area contributed by atoms with E-state index in [9.17, 15) is 9.59 Å². The van der Waals surface area contributed by atoms with Crippen LogP contribution in [0.1, 0.15) is 40.1 Å². The first-order chi connectivity index (χ1) is 13.0. The molecular formula is C22H21N3O2. The summed E-state index contributed by atoms with van der Waals surface area (Å²) in [6.45, 7) is 3.61. The molecule has 27 heavy (non-hydrogen) atoms. The molecule has 2 N–H and O–H groups in total. The fourth-order valence-electron chi connectivity index (χ4n) is 2.59. The van der Waals surface area contributed by atoms with Gasteiger partial charge in [-0.1, -0.05) is 31.2 Å². The lowest BCUT2D eigenvalue weighted by molar-refractivity contribution is 0.101. The molecule has 1 amide bonds. The van der Waals surface area contributed by atoms with E-state index < -0.39 is 0 Å². The molecule has 0 saturated heterocycles. The lowest BCUT2D eigenvalue weighted by atomic mass is 10.1. The monoisotopic (exact) mass is 359 g/mol. The van der Waals surface area contributed by atoms with E-state index in [-0.39, 0.29) is 11.7 Å². The lowest BCUT2D eigenvalue weighted by Crippen LogP contribution is -2.12. The average molecular weight is 359 g/mol. The summed E-state index contributed by atoms with van der Waals surface area (Å²) in [6.07, 6.45) is 2.52. The van der Waals surface area contributed by atoms with Gasteiger partial charge in [-0.3, -0.25) is 9.59 Å². The smallest absolute Gasteiger partial charge is 0.257 e. The van der Waals surface area contributed by atoms with Crippen LogP contribution in [0.3, 0.4) is 0 Å². The maximum absolute atomic E-state index is 12.4. The van der Waals surface area contributed by atoms with Gasteiger partial charge in [0.05, 0.1) is 5.56 Å². The largest absolute Gasteiger partial charge is 0.340 e. The highest BCUT2D eigenvalue weighted by atomic mass is 16.1. The summed E-state index contributed by atoms with van der Waals surface area (Å²) in [5.41, 5.74) is 3.79. The van der Waals surface area contributed by atoms with Crippen molar-refractivity contribution in [2.24, 2.45) is 0 Å². The fourth-order valence-corrected chi connectivity index (χ4v) is 2.59. The second-order valence-corrected chi connectivity index (χ2v) is 6.20. The minimum absolute atomic E-state index is 0.0461. The maximum Gasteiger partial charge on any atom is 0.257 e. The third-order valence-electron chi connectivity index (χ3n) is 4.19. The molecule has 0 spiro atoms. The number of anilines is 3. The number of ketones is 1. The molecule has 5 heteroatoms. The van der Waals surface area contributed by atoms with E-state index in [2.05, 4.69) is 34.7 Å². The molecule has 5 nitrogen and oxygen atoms in total. The number of amides is 1. The van der Waals surface area contributed by atoms with Crippen LogP contribution in [0.2, 0.25) is 0 Å². The number of hydrogen-bond acceptors (Lipinski definition) is 4. The first kappa shape index (κ1) is 18.3. The molecule has 136 valence electrons. The first-order valence-corrected chi connectivity index (χ1v) is 8.79. The van der Waals surface area contributed by atoms with Crippen molar-refractivity contribution in [2.75, 3.05) is 10.6 Å². The number of rotatable bonds is 6. The van der Waals surface area contributed by atoms with Gasteiger partial charge in [-0.25, -0.2) is 4.98 Å². The number of carbonyl (C=O) groups is 2. The summed E-state index contributed by atoms with van der Waals surface area (Å²) in [5.74, 6) is 0.339. The molecule has 2 aromatic carbocycles. The SMILES string of the molecule is CCc1ccc(Nc2ccc(C(=O)Nc3cccc(C(C)=O)c3)cn2)cc1. The molecule has 0 saturated carbocycles. The zero-order valence-electron chi connectivity index (χ0n) is 15.3. The van der Waals surface area contributed by atoms with E-state index in [1.54, 1.807) is 36.4 Å². The molecule has 3 rings (SSSR count). The van der Waals surface area contributed by atoms with Crippen LogP contribution in [0.15, 0.2) is 66.9 Å². The Bertz CT molecular complexity index is 948. The third kappa shape index (κ3) is 4.79. The van der Waals surface area contributed by atoms with E-state index in [1.165, 1.54) is 18.7 Å². The van der Waals surface area contributed by atoms with E-state index in [0.29, 0.717) is 22.6 Å². The number of benzene rings is 2. The molecule has 0 aliphatic heterocycles. The zero-order chi connectivity index (χ0) is 19.2. The van der Waals surface area contributed by atoms with Crippen LogP contribution in [0.5, 0.6) is 0 Å². The normalized spacial score (nSPS) is 10.3. The van der Waals surface area contributed by atoms with Crippen molar-refractivity contribution in [1.82, 2.24) is 4.98 Å². The Balaban J connectivity index is 1.66. The van der Waals surface area contributed by atoms with Gasteiger partial charge in [-0.2, -0.15) is 0 Å². The predicted molar refractivity (Wildman–Crippen MR) is 108 cm³/mol. The molecule has 0 radical (unpaired) electrons. The first-order valence-electron chi connectivity index (χ1n) is 8.79. The lowest BCUT2D eigenvalue weighted by Gasteiger charge is -2.08. The fraction of sp³-hybridized carbons (Fsp3) is 0.136. The van der Waals surface area contributed by atoms with Crippen molar-refractivity contribution in [3.05, 3.63) is 83.6 Å². The van der Waals surface area contributed by atoms with Crippen molar-refractivity contribution < 1.29 is 9.59 Å². The van der Waals surface area contributed by atoms with E-state index >= 15 is 0 Å². The molecule has 0 bridgehead atoms. The van der Waals surface area contributed by atoms with Crippen molar-refractivity contribution in [1.29, 1.82) is 0 Å². The number of aryl methyl sites for hydroxylation is 1. The molecule has 1 heterocycles. The van der Waals surface area contributed by atoms with Crippen molar-refractivity contribution in [3.8, 4) is 0 Å². The van der Waals surface area contributed by atoms with Gasteiger partial charge in [0.1, 0.15) is 5.82 Å². The summed E-state index contributed by atoms with van der Waals surface area (Å²) in [4.78, 5) is 28.1. The van der Waals surface area contributed by atoms with Crippen molar-refractivity contribution in [3.63, 3.8) is 0 Å². The van der Waals surface area contributed by atoms with Gasteiger partial charge in [0, 0.05) is 23.1 Å². The second kappa shape index (κ2) is 8.27. The van der Waals surface area contributed by atoms with Gasteiger partial charge in [-0.15, -0.1) is 0 Å². The van der Waals surface area contributed by atoms with Crippen LogP contribution in [-0.4, -0.2) is 16.7 Å². The van der Waals surface area contributed by atoms with Gasteiger partial charge >= 0.3 is 0 Å². The van der Waals surface area contributed by atoms with Gasteiger partial charge in [0.2, 0.25) is 0 Å². The molecule has 0 atom stereocenters. The second-order valence-electron chi connectivity index (χ2n) is 6.20. The van der Waals surface area contributed by atoms with Crippen LogP contribution in [0.25, 0.3) is 0 Å². The van der Waals surface area contributed by atoms with Gasteiger partial charge < -0.3 is 10.6 Å². The Morgan fingerprint density at radius 1 is 0.926 bits per heavy atom. The minimum atomic E-state index is -0.276. The molecule has 3 aromatic rings. The van der Waals surface area contributed by atoms with E-state index in [1.807, 2.05) is 12.1 Å². The predicted octanol–water partition coefficient (Wildman–Crippen LogP) is 4.84. The van der Waals surface area contributed by atoms with E-state index in [4.69, 9.17) is 0 Å². The maximum atomic E-state index is 12.4. The Labute approximate surface area is 158 Å².